The average Bonchev–Trinajstić information content (AvgIpc) is 2.67. The fraction of sp³-hybridized carbons (Fsp3) is 0.357. The maximum Gasteiger partial charge on any atom is 0.165 e. The number of rotatable bonds is 4. The number of hydrogen-bond acceptors (Lipinski definition) is 2. The number of nitrogens with zero attached hydrogens (tertiary/aromatic N) is 1. The maximum atomic E-state index is 12.2. The molecule has 1 unspecified atom stereocenters. The molecule has 90 valence electrons. The van der Waals surface area contributed by atoms with Crippen LogP contribution in [0.5, 0.6) is 0 Å². The predicted molar refractivity (Wildman–Crippen MR) is 70.1 cm³/mol. The zero-order valence-electron chi connectivity index (χ0n) is 10.3. The smallest absolute Gasteiger partial charge is 0.165 e. The molecule has 0 aliphatic carbocycles. The van der Waals surface area contributed by atoms with E-state index < -0.39 is 0 Å². The standard InChI is InChI=1S/C14H18N2O/c1-10(8-15)7-14(17)12-9-16(2)13-6-4-3-5-11(12)13/h3-6,9-10H,7-8,15H2,1-2H3. The largest absolute Gasteiger partial charge is 0.350 e. The van der Waals surface area contributed by atoms with E-state index in [0.29, 0.717) is 13.0 Å². The van der Waals surface area contributed by atoms with Crippen LogP contribution in [0.4, 0.5) is 0 Å². The minimum atomic E-state index is 0.180. The summed E-state index contributed by atoms with van der Waals surface area (Å²) in [7, 11) is 1.96. The van der Waals surface area contributed by atoms with Crippen molar-refractivity contribution in [3.63, 3.8) is 0 Å². The molecule has 2 aromatic rings. The van der Waals surface area contributed by atoms with Gasteiger partial charge in [0.1, 0.15) is 0 Å². The first-order valence-electron chi connectivity index (χ1n) is 5.90. The number of benzene rings is 1. The molecule has 2 N–H and O–H groups in total. The molecule has 0 aliphatic rings. The number of fused-ring (bicyclic) bond motifs is 1. The van der Waals surface area contributed by atoms with E-state index in [4.69, 9.17) is 5.73 Å². The van der Waals surface area contributed by atoms with Gasteiger partial charge in [0, 0.05) is 36.1 Å². The van der Waals surface area contributed by atoms with Crippen molar-refractivity contribution < 1.29 is 4.79 Å². The van der Waals surface area contributed by atoms with Crippen LogP contribution < -0.4 is 5.73 Å². The lowest BCUT2D eigenvalue weighted by Crippen LogP contribution is -2.15. The number of Topliss-reactive ketones (excluding diaryl/α,β-unsaturated/α-hetero) is 1. The molecule has 0 fully saturated rings. The molecule has 17 heavy (non-hydrogen) atoms. The SMILES string of the molecule is CC(CN)CC(=O)c1cn(C)c2ccccc12. The summed E-state index contributed by atoms with van der Waals surface area (Å²) < 4.78 is 2.00. The lowest BCUT2D eigenvalue weighted by molar-refractivity contribution is 0.0967. The second kappa shape index (κ2) is 4.72. The molecular formula is C14H18N2O. The number of carbonyl (C=O) groups excluding carboxylic acids is 1. The highest BCUT2D eigenvalue weighted by Crippen LogP contribution is 2.22. The molecule has 3 heteroatoms. The zero-order chi connectivity index (χ0) is 12.4. The zero-order valence-corrected chi connectivity index (χ0v) is 10.3. The Morgan fingerprint density at radius 3 is 2.82 bits per heavy atom. The summed E-state index contributed by atoms with van der Waals surface area (Å²) in [6.45, 7) is 2.56. The van der Waals surface area contributed by atoms with Gasteiger partial charge in [-0.2, -0.15) is 0 Å². The van der Waals surface area contributed by atoms with Crippen molar-refractivity contribution in [3.05, 3.63) is 36.0 Å². The van der Waals surface area contributed by atoms with Gasteiger partial charge in [-0.3, -0.25) is 4.79 Å². The molecule has 0 aliphatic heterocycles. The Labute approximate surface area is 101 Å². The summed E-state index contributed by atoms with van der Waals surface area (Å²) in [5.41, 5.74) is 7.46. The Hall–Kier alpha value is -1.61. The molecule has 0 radical (unpaired) electrons. The van der Waals surface area contributed by atoms with E-state index in [1.807, 2.05) is 49.0 Å². The van der Waals surface area contributed by atoms with Crippen molar-refractivity contribution >= 4 is 16.7 Å². The molecule has 1 heterocycles. The minimum absolute atomic E-state index is 0.180. The van der Waals surface area contributed by atoms with Gasteiger partial charge in [0.05, 0.1) is 0 Å². The molecule has 2 rings (SSSR count). The van der Waals surface area contributed by atoms with Crippen LogP contribution in [-0.4, -0.2) is 16.9 Å². The molecule has 1 aromatic heterocycles. The van der Waals surface area contributed by atoms with E-state index >= 15 is 0 Å². The van der Waals surface area contributed by atoms with Crippen LogP contribution in [0.15, 0.2) is 30.5 Å². The molecule has 3 nitrogen and oxygen atoms in total. The maximum absolute atomic E-state index is 12.2. The summed E-state index contributed by atoms with van der Waals surface area (Å²) in [6.07, 6.45) is 2.43. The summed E-state index contributed by atoms with van der Waals surface area (Å²) in [4.78, 5) is 12.2. The highest BCUT2D eigenvalue weighted by molar-refractivity contribution is 6.08. The molecule has 0 saturated carbocycles. The van der Waals surface area contributed by atoms with Crippen molar-refractivity contribution in [1.29, 1.82) is 0 Å². The van der Waals surface area contributed by atoms with E-state index in [1.54, 1.807) is 0 Å². The second-order valence-electron chi connectivity index (χ2n) is 4.64. The average molecular weight is 230 g/mol. The minimum Gasteiger partial charge on any atom is -0.350 e. The molecule has 1 aromatic carbocycles. The first-order chi connectivity index (χ1) is 8.13. The molecule has 0 spiro atoms. The third-order valence-electron chi connectivity index (χ3n) is 3.13. The number of hydrogen-bond donors (Lipinski definition) is 1. The third kappa shape index (κ3) is 2.24. The van der Waals surface area contributed by atoms with Crippen molar-refractivity contribution in [2.75, 3.05) is 6.54 Å². The van der Waals surface area contributed by atoms with E-state index in [1.165, 1.54) is 0 Å². The number of para-hydroxylation sites is 1. The van der Waals surface area contributed by atoms with Gasteiger partial charge in [-0.25, -0.2) is 0 Å². The van der Waals surface area contributed by atoms with Crippen molar-refractivity contribution in [2.24, 2.45) is 18.7 Å². The van der Waals surface area contributed by atoms with Gasteiger partial charge in [-0.1, -0.05) is 25.1 Å². The Balaban J connectivity index is 2.39. The van der Waals surface area contributed by atoms with Crippen LogP contribution in [0.25, 0.3) is 10.9 Å². The van der Waals surface area contributed by atoms with Crippen LogP contribution in [0.3, 0.4) is 0 Å². The number of carbonyl (C=O) groups is 1. The van der Waals surface area contributed by atoms with Crippen LogP contribution in [0, 0.1) is 5.92 Å². The predicted octanol–water partition coefficient (Wildman–Crippen LogP) is 2.35. The Bertz CT molecular complexity index is 542. The normalized spacial score (nSPS) is 12.9. The van der Waals surface area contributed by atoms with Gasteiger partial charge in [-0.05, 0) is 18.5 Å². The van der Waals surface area contributed by atoms with Gasteiger partial charge in [0.2, 0.25) is 0 Å². The van der Waals surface area contributed by atoms with Crippen LogP contribution in [0.1, 0.15) is 23.7 Å². The fourth-order valence-electron chi connectivity index (χ4n) is 2.07. The van der Waals surface area contributed by atoms with E-state index in [0.717, 1.165) is 16.5 Å². The Kier molecular flexibility index (Phi) is 3.29. The molecular weight excluding hydrogens is 212 g/mol. The van der Waals surface area contributed by atoms with Gasteiger partial charge in [0.25, 0.3) is 0 Å². The van der Waals surface area contributed by atoms with E-state index in [9.17, 15) is 4.79 Å². The van der Waals surface area contributed by atoms with Crippen molar-refractivity contribution in [3.8, 4) is 0 Å². The number of aryl methyl sites for hydroxylation is 1. The number of aromatic nitrogens is 1. The quantitative estimate of drug-likeness (QED) is 0.819. The van der Waals surface area contributed by atoms with Crippen LogP contribution in [0.2, 0.25) is 0 Å². The van der Waals surface area contributed by atoms with Gasteiger partial charge < -0.3 is 10.3 Å². The first-order valence-corrected chi connectivity index (χ1v) is 5.90. The Morgan fingerprint density at radius 1 is 1.41 bits per heavy atom. The third-order valence-corrected chi connectivity index (χ3v) is 3.13. The van der Waals surface area contributed by atoms with Crippen LogP contribution >= 0.6 is 0 Å². The highest BCUT2D eigenvalue weighted by atomic mass is 16.1. The number of nitrogens with two attached hydrogens (primary N) is 1. The summed E-state index contributed by atoms with van der Waals surface area (Å²) in [5, 5.41) is 1.03. The monoisotopic (exact) mass is 230 g/mol. The molecule has 0 amide bonds. The van der Waals surface area contributed by atoms with Gasteiger partial charge in [0.15, 0.2) is 5.78 Å². The lowest BCUT2D eigenvalue weighted by Gasteiger charge is -2.05. The van der Waals surface area contributed by atoms with Crippen molar-refractivity contribution in [2.45, 2.75) is 13.3 Å². The number of ketones is 1. The van der Waals surface area contributed by atoms with E-state index in [-0.39, 0.29) is 11.7 Å². The molecule has 0 saturated heterocycles. The fourth-order valence-corrected chi connectivity index (χ4v) is 2.07. The second-order valence-corrected chi connectivity index (χ2v) is 4.64. The molecule has 0 bridgehead atoms. The summed E-state index contributed by atoms with van der Waals surface area (Å²) in [5.74, 6) is 0.418. The lowest BCUT2D eigenvalue weighted by atomic mass is 9.99. The summed E-state index contributed by atoms with van der Waals surface area (Å²) in [6, 6.07) is 7.97. The Morgan fingerprint density at radius 2 is 2.12 bits per heavy atom. The molecule has 1 atom stereocenters. The topological polar surface area (TPSA) is 48.0 Å². The van der Waals surface area contributed by atoms with Crippen molar-refractivity contribution in [1.82, 2.24) is 4.57 Å². The van der Waals surface area contributed by atoms with Gasteiger partial charge >= 0.3 is 0 Å². The first kappa shape index (κ1) is 11.9. The summed E-state index contributed by atoms with van der Waals surface area (Å²) >= 11 is 0. The van der Waals surface area contributed by atoms with E-state index in [2.05, 4.69) is 0 Å². The van der Waals surface area contributed by atoms with Crippen LogP contribution in [-0.2, 0) is 7.05 Å². The van der Waals surface area contributed by atoms with Gasteiger partial charge in [-0.15, -0.1) is 0 Å². The highest BCUT2D eigenvalue weighted by Gasteiger charge is 2.15.